The molecular formula is C25H33ClN4O4SSi. The maximum Gasteiger partial charge on any atom is 0.414 e. The summed E-state index contributed by atoms with van der Waals surface area (Å²) in [6.45, 7) is 12.7. The number of anilines is 2. The topological polar surface area (TPSA) is 94.9 Å². The average molecular weight is 549 g/mol. The summed E-state index contributed by atoms with van der Waals surface area (Å²) in [7, 11) is -1.81. The van der Waals surface area contributed by atoms with Crippen LogP contribution in [-0.2, 0) is 9.16 Å². The van der Waals surface area contributed by atoms with Crippen molar-refractivity contribution in [3.05, 3.63) is 45.6 Å². The number of ether oxygens (including phenoxy) is 1. The van der Waals surface area contributed by atoms with Gasteiger partial charge in [0, 0.05) is 18.8 Å². The van der Waals surface area contributed by atoms with Crippen molar-refractivity contribution in [3.63, 3.8) is 0 Å². The number of benzene rings is 1. The van der Waals surface area contributed by atoms with Crippen molar-refractivity contribution in [2.45, 2.75) is 51.4 Å². The SMILES string of the molecule is CC(C)(C)[Si](C)(C)OCCCN(C#N)c1ccc(N2C[C@H](CNC(=O)c3ccc(Cl)s3)OC2=O)cc1. The Bertz CT molecular complexity index is 1110. The fourth-order valence-electron chi connectivity index (χ4n) is 3.38. The summed E-state index contributed by atoms with van der Waals surface area (Å²) in [4.78, 5) is 28.3. The Morgan fingerprint density at radius 3 is 2.58 bits per heavy atom. The average Bonchev–Trinajstić information content (AvgIpc) is 3.42. The van der Waals surface area contributed by atoms with Gasteiger partial charge in [-0.3, -0.25) is 14.6 Å². The van der Waals surface area contributed by atoms with Crippen LogP contribution in [-0.4, -0.2) is 52.7 Å². The van der Waals surface area contributed by atoms with Crippen LogP contribution in [0.3, 0.4) is 0 Å². The molecule has 3 rings (SSSR count). The molecule has 2 amide bonds. The standard InChI is InChI=1S/C25H33ClN4O4SSi/c1-25(2,3)36(4,5)33-14-6-13-29(17-27)18-7-9-19(10-8-18)30-16-20(34-24(30)32)15-28-23(31)21-11-12-22(26)35-21/h7-12,20H,6,13-16H2,1-5H3,(H,28,31)/t20-/m0/s1. The number of nitrogens with one attached hydrogen (secondary N) is 1. The Morgan fingerprint density at radius 1 is 1.31 bits per heavy atom. The van der Waals surface area contributed by atoms with Crippen LogP contribution < -0.4 is 15.1 Å². The monoisotopic (exact) mass is 548 g/mol. The molecule has 0 spiro atoms. The van der Waals surface area contributed by atoms with Gasteiger partial charge in [-0.2, -0.15) is 5.26 Å². The Kier molecular flexibility index (Phi) is 9.06. The highest BCUT2D eigenvalue weighted by Crippen LogP contribution is 2.36. The van der Waals surface area contributed by atoms with E-state index in [1.165, 1.54) is 16.2 Å². The van der Waals surface area contributed by atoms with Crippen LogP contribution >= 0.6 is 22.9 Å². The fourth-order valence-corrected chi connectivity index (χ4v) is 5.43. The molecule has 1 saturated heterocycles. The van der Waals surface area contributed by atoms with Gasteiger partial charge < -0.3 is 14.5 Å². The lowest BCUT2D eigenvalue weighted by atomic mass is 10.2. The van der Waals surface area contributed by atoms with E-state index in [0.717, 1.165) is 12.1 Å². The Labute approximate surface area is 222 Å². The van der Waals surface area contributed by atoms with Gasteiger partial charge in [0.25, 0.3) is 5.91 Å². The summed E-state index contributed by atoms with van der Waals surface area (Å²) in [6.07, 6.45) is 2.04. The highest BCUT2D eigenvalue weighted by molar-refractivity contribution is 7.18. The van der Waals surface area contributed by atoms with Crippen molar-refractivity contribution in [2.24, 2.45) is 0 Å². The van der Waals surface area contributed by atoms with Crippen LogP contribution in [0.2, 0.25) is 22.5 Å². The van der Waals surface area contributed by atoms with E-state index in [1.54, 1.807) is 29.2 Å². The van der Waals surface area contributed by atoms with E-state index in [9.17, 15) is 14.9 Å². The first kappa shape index (κ1) is 28.0. The molecule has 1 N–H and O–H groups in total. The summed E-state index contributed by atoms with van der Waals surface area (Å²) in [5.41, 5.74) is 1.42. The third kappa shape index (κ3) is 7.00. The first-order chi connectivity index (χ1) is 16.9. The molecule has 2 aromatic rings. The van der Waals surface area contributed by atoms with E-state index in [4.69, 9.17) is 20.8 Å². The Balaban J connectivity index is 1.50. The van der Waals surface area contributed by atoms with Gasteiger partial charge >= 0.3 is 6.09 Å². The predicted molar refractivity (Wildman–Crippen MR) is 146 cm³/mol. The van der Waals surface area contributed by atoms with Crippen LogP contribution in [0.25, 0.3) is 0 Å². The van der Waals surface area contributed by atoms with Gasteiger partial charge in [-0.1, -0.05) is 32.4 Å². The molecule has 0 aliphatic carbocycles. The lowest BCUT2D eigenvalue weighted by molar-refractivity contribution is 0.0920. The highest BCUT2D eigenvalue weighted by Gasteiger charge is 2.37. The fraction of sp³-hybridized carbons (Fsp3) is 0.480. The third-order valence-corrected chi connectivity index (χ3v) is 12.3. The molecule has 0 bridgehead atoms. The number of hydrogen-bond acceptors (Lipinski definition) is 7. The van der Waals surface area contributed by atoms with Crippen LogP contribution in [0.15, 0.2) is 36.4 Å². The quantitative estimate of drug-likeness (QED) is 0.173. The normalized spacial score (nSPS) is 16.0. The second-order valence-corrected chi connectivity index (χ2v) is 16.7. The second kappa shape index (κ2) is 11.6. The molecule has 1 atom stereocenters. The van der Waals surface area contributed by atoms with E-state index in [1.807, 2.05) is 12.1 Å². The molecule has 1 fully saturated rings. The van der Waals surface area contributed by atoms with E-state index < -0.39 is 20.5 Å². The summed E-state index contributed by atoms with van der Waals surface area (Å²) < 4.78 is 12.2. The van der Waals surface area contributed by atoms with Crippen molar-refractivity contribution >= 4 is 54.6 Å². The lowest BCUT2D eigenvalue weighted by Crippen LogP contribution is -2.41. The van der Waals surface area contributed by atoms with Gasteiger partial charge in [-0.05, 0) is 61.0 Å². The van der Waals surface area contributed by atoms with Gasteiger partial charge in [0.05, 0.1) is 28.0 Å². The van der Waals surface area contributed by atoms with Crippen LogP contribution in [0.5, 0.6) is 0 Å². The molecule has 194 valence electrons. The van der Waals surface area contributed by atoms with E-state index in [-0.39, 0.29) is 17.5 Å². The third-order valence-electron chi connectivity index (χ3n) is 6.55. The maximum atomic E-state index is 12.4. The predicted octanol–water partition coefficient (Wildman–Crippen LogP) is 5.86. The van der Waals surface area contributed by atoms with E-state index in [2.05, 4.69) is 45.4 Å². The Morgan fingerprint density at radius 2 is 2.00 bits per heavy atom. The van der Waals surface area contributed by atoms with Crippen molar-refractivity contribution in [2.75, 3.05) is 36.0 Å². The van der Waals surface area contributed by atoms with Gasteiger partial charge in [0.15, 0.2) is 14.5 Å². The molecule has 1 aliphatic rings. The number of cyclic esters (lactones) is 1. The highest BCUT2D eigenvalue weighted by atomic mass is 35.5. The molecular weight excluding hydrogens is 516 g/mol. The summed E-state index contributed by atoms with van der Waals surface area (Å²) in [5.74, 6) is -0.253. The van der Waals surface area contributed by atoms with Crippen LogP contribution in [0, 0.1) is 11.5 Å². The van der Waals surface area contributed by atoms with E-state index >= 15 is 0 Å². The molecule has 0 saturated carbocycles. The van der Waals surface area contributed by atoms with Gasteiger partial charge in [0.2, 0.25) is 0 Å². The lowest BCUT2D eigenvalue weighted by Gasteiger charge is -2.36. The number of amides is 2. The van der Waals surface area contributed by atoms with Crippen LogP contribution in [0.1, 0.15) is 36.9 Å². The summed E-state index contributed by atoms with van der Waals surface area (Å²) >= 11 is 7.07. The number of nitriles is 1. The van der Waals surface area contributed by atoms with Gasteiger partial charge in [-0.15, -0.1) is 11.3 Å². The number of rotatable bonds is 10. The van der Waals surface area contributed by atoms with E-state index in [0.29, 0.717) is 34.6 Å². The number of halogens is 1. The minimum atomic E-state index is -1.81. The first-order valence-electron chi connectivity index (χ1n) is 11.8. The molecule has 1 aliphatic heterocycles. The number of carbonyl (C=O) groups is 2. The van der Waals surface area contributed by atoms with Gasteiger partial charge in [0.1, 0.15) is 6.10 Å². The molecule has 36 heavy (non-hydrogen) atoms. The summed E-state index contributed by atoms with van der Waals surface area (Å²) in [6, 6.07) is 10.5. The number of hydrogen-bond donors (Lipinski definition) is 1. The van der Waals surface area contributed by atoms with Crippen molar-refractivity contribution < 1.29 is 18.8 Å². The summed E-state index contributed by atoms with van der Waals surface area (Å²) in [5, 5.41) is 12.6. The molecule has 11 heteroatoms. The molecule has 1 aromatic heterocycles. The largest absolute Gasteiger partial charge is 0.442 e. The molecule has 2 heterocycles. The maximum absolute atomic E-state index is 12.4. The van der Waals surface area contributed by atoms with Crippen molar-refractivity contribution in [1.29, 1.82) is 5.26 Å². The van der Waals surface area contributed by atoms with Gasteiger partial charge in [-0.25, -0.2) is 4.79 Å². The number of nitrogens with zero attached hydrogens (tertiary/aromatic N) is 3. The number of carbonyl (C=O) groups excluding carboxylic acids is 2. The molecule has 8 nitrogen and oxygen atoms in total. The Hall–Kier alpha value is -2.58. The minimum absolute atomic E-state index is 0.150. The zero-order chi connectivity index (χ0) is 26.5. The zero-order valence-corrected chi connectivity index (χ0v) is 23.9. The molecule has 0 unspecified atom stereocenters. The van der Waals surface area contributed by atoms with Crippen molar-refractivity contribution in [3.8, 4) is 6.19 Å². The number of thiophene rings is 1. The second-order valence-electron chi connectivity index (χ2n) is 10.2. The first-order valence-corrected chi connectivity index (χ1v) is 15.9. The molecule has 1 aromatic carbocycles. The minimum Gasteiger partial charge on any atom is -0.442 e. The smallest absolute Gasteiger partial charge is 0.414 e. The zero-order valence-electron chi connectivity index (χ0n) is 21.3. The molecule has 0 radical (unpaired) electrons. The van der Waals surface area contributed by atoms with Crippen LogP contribution in [0.4, 0.5) is 16.2 Å². The van der Waals surface area contributed by atoms with Crippen molar-refractivity contribution in [1.82, 2.24) is 5.32 Å².